The third-order valence-electron chi connectivity index (χ3n) is 2.33. The number of esters is 1. The molecule has 2 N–H and O–H groups in total. The van der Waals surface area contributed by atoms with E-state index in [1.54, 1.807) is 0 Å². The maximum atomic E-state index is 11.4. The normalized spacial score (nSPS) is 11.3. The number of hydrogen-bond donors (Lipinski definition) is 1. The predicted octanol–water partition coefficient (Wildman–Crippen LogP) is 1.96. The van der Waals surface area contributed by atoms with Crippen LogP contribution in [0.15, 0.2) is 38.7 Å². The van der Waals surface area contributed by atoms with Gasteiger partial charge in [0, 0.05) is 10.9 Å². The van der Waals surface area contributed by atoms with Crippen LogP contribution in [-0.2, 0) is 16.2 Å². The lowest BCUT2D eigenvalue weighted by Gasteiger charge is -2.01. The molecule has 0 unspecified atom stereocenters. The van der Waals surface area contributed by atoms with E-state index in [1.165, 1.54) is 30.8 Å². The Hall–Kier alpha value is -2.28. The zero-order chi connectivity index (χ0) is 13.7. The highest BCUT2D eigenvalue weighted by Crippen LogP contribution is 2.13. The average Bonchev–Trinajstić information content (AvgIpc) is 3.08. The Morgan fingerprint density at radius 1 is 1.53 bits per heavy atom. The van der Waals surface area contributed by atoms with Gasteiger partial charge in [0.15, 0.2) is 18.2 Å². The summed E-state index contributed by atoms with van der Waals surface area (Å²) in [6.45, 7) is 0.00225. The van der Waals surface area contributed by atoms with E-state index in [2.05, 4.69) is 9.89 Å². The van der Waals surface area contributed by atoms with Gasteiger partial charge in [-0.25, -0.2) is 4.79 Å². The van der Waals surface area contributed by atoms with Crippen LogP contribution >= 0.6 is 11.3 Å². The monoisotopic (exact) mass is 280 g/mol. The van der Waals surface area contributed by atoms with E-state index in [0.29, 0.717) is 11.3 Å². The van der Waals surface area contributed by atoms with Gasteiger partial charge in [0.1, 0.15) is 5.56 Å². The van der Waals surface area contributed by atoms with Gasteiger partial charge in [-0.05, 0) is 17.5 Å². The topological polar surface area (TPSA) is 87.0 Å². The second kappa shape index (κ2) is 6.05. The number of rotatable bonds is 5. The van der Waals surface area contributed by atoms with E-state index in [-0.39, 0.29) is 12.4 Å². The molecule has 0 bridgehead atoms. The van der Waals surface area contributed by atoms with E-state index in [9.17, 15) is 4.79 Å². The summed E-state index contributed by atoms with van der Waals surface area (Å²) in [4.78, 5) is 16.4. The van der Waals surface area contributed by atoms with Gasteiger partial charge in [-0.3, -0.25) is 0 Å². The maximum absolute atomic E-state index is 11.4. The van der Waals surface area contributed by atoms with Crippen molar-refractivity contribution in [3.63, 3.8) is 0 Å². The molecule has 0 aromatic carbocycles. The van der Waals surface area contributed by atoms with Crippen molar-refractivity contribution in [1.29, 1.82) is 0 Å². The highest BCUT2D eigenvalue weighted by atomic mass is 32.1. The summed E-state index contributed by atoms with van der Waals surface area (Å²) in [7, 11) is 1.30. The predicted molar refractivity (Wildman–Crippen MR) is 69.9 cm³/mol. The van der Waals surface area contributed by atoms with Gasteiger partial charge in [-0.2, -0.15) is 11.3 Å². The number of oxime groups is 1. The first kappa shape index (κ1) is 13.2. The Morgan fingerprint density at radius 2 is 2.37 bits per heavy atom. The Bertz CT molecular complexity index is 574. The lowest BCUT2D eigenvalue weighted by atomic mass is 10.2. The third-order valence-corrected chi connectivity index (χ3v) is 3.01. The summed E-state index contributed by atoms with van der Waals surface area (Å²) in [6, 6.07) is 3.34. The van der Waals surface area contributed by atoms with Gasteiger partial charge in [0.25, 0.3) is 0 Å². The van der Waals surface area contributed by atoms with Crippen LogP contribution in [0.2, 0.25) is 0 Å². The van der Waals surface area contributed by atoms with Crippen LogP contribution in [-0.4, -0.2) is 18.9 Å². The van der Waals surface area contributed by atoms with Crippen molar-refractivity contribution in [1.82, 2.24) is 0 Å². The maximum Gasteiger partial charge on any atom is 0.341 e. The van der Waals surface area contributed by atoms with Crippen molar-refractivity contribution in [2.45, 2.75) is 6.61 Å². The molecule has 0 spiro atoms. The number of amidine groups is 1. The molecule has 0 atom stereocenters. The smallest absolute Gasteiger partial charge is 0.341 e. The largest absolute Gasteiger partial charge is 0.465 e. The van der Waals surface area contributed by atoms with Crippen LogP contribution in [0.1, 0.15) is 21.7 Å². The zero-order valence-corrected chi connectivity index (χ0v) is 11.0. The number of methoxy groups -OCH3 is 1. The molecule has 2 aromatic heterocycles. The SMILES string of the molecule is COC(=O)c1ccoc1CO/N=C(\N)c1ccsc1. The van der Waals surface area contributed by atoms with Crippen LogP contribution < -0.4 is 5.73 Å². The molecule has 0 saturated carbocycles. The first-order chi connectivity index (χ1) is 9.22. The molecule has 0 amide bonds. The van der Waals surface area contributed by atoms with E-state index < -0.39 is 5.97 Å². The summed E-state index contributed by atoms with van der Waals surface area (Å²) in [5, 5.41) is 7.50. The standard InChI is InChI=1S/C12H12N2O4S/c1-16-12(15)9-2-4-17-10(9)6-18-14-11(13)8-3-5-19-7-8/h2-5,7H,6H2,1H3,(H2,13,14). The highest BCUT2D eigenvalue weighted by molar-refractivity contribution is 7.08. The lowest BCUT2D eigenvalue weighted by molar-refractivity contribution is 0.0587. The van der Waals surface area contributed by atoms with Crippen molar-refractivity contribution >= 4 is 23.1 Å². The average molecular weight is 280 g/mol. The van der Waals surface area contributed by atoms with Gasteiger partial charge in [-0.1, -0.05) is 5.16 Å². The molecule has 2 heterocycles. The van der Waals surface area contributed by atoms with Gasteiger partial charge in [0.05, 0.1) is 13.4 Å². The molecule has 0 aliphatic carbocycles. The number of nitrogens with zero attached hydrogens (tertiary/aromatic N) is 1. The number of furan rings is 1. The molecule has 2 rings (SSSR count). The molecule has 0 aliphatic rings. The number of carbonyl (C=O) groups excluding carboxylic acids is 1. The number of hydrogen-bond acceptors (Lipinski definition) is 6. The lowest BCUT2D eigenvalue weighted by Crippen LogP contribution is -2.12. The second-order valence-corrected chi connectivity index (χ2v) is 4.29. The summed E-state index contributed by atoms with van der Waals surface area (Å²) >= 11 is 1.51. The Morgan fingerprint density at radius 3 is 3.05 bits per heavy atom. The number of carbonyl (C=O) groups is 1. The molecule has 19 heavy (non-hydrogen) atoms. The van der Waals surface area contributed by atoms with E-state index in [0.717, 1.165) is 5.56 Å². The van der Waals surface area contributed by atoms with Crippen molar-refractivity contribution < 1.29 is 18.8 Å². The molecule has 2 aromatic rings. The molecule has 0 fully saturated rings. The zero-order valence-electron chi connectivity index (χ0n) is 10.2. The fourth-order valence-corrected chi connectivity index (χ4v) is 2.02. The van der Waals surface area contributed by atoms with E-state index in [1.807, 2.05) is 16.8 Å². The molecule has 6 nitrogen and oxygen atoms in total. The number of ether oxygens (including phenoxy) is 1. The van der Waals surface area contributed by atoms with Crippen LogP contribution in [0.5, 0.6) is 0 Å². The summed E-state index contributed by atoms with van der Waals surface area (Å²) in [5.74, 6) is 0.128. The third kappa shape index (κ3) is 3.14. The molecular formula is C12H12N2O4S. The molecular weight excluding hydrogens is 268 g/mol. The molecule has 0 saturated heterocycles. The van der Waals surface area contributed by atoms with Gasteiger partial charge >= 0.3 is 5.97 Å². The first-order valence-electron chi connectivity index (χ1n) is 5.35. The minimum absolute atomic E-state index is 0.00225. The van der Waals surface area contributed by atoms with Crippen LogP contribution in [0.25, 0.3) is 0 Å². The van der Waals surface area contributed by atoms with Crippen LogP contribution in [0.4, 0.5) is 0 Å². The highest BCUT2D eigenvalue weighted by Gasteiger charge is 2.15. The van der Waals surface area contributed by atoms with Gasteiger partial charge in [-0.15, -0.1) is 0 Å². The number of thiophene rings is 1. The molecule has 100 valence electrons. The Labute approximate surface area is 113 Å². The van der Waals surface area contributed by atoms with Crippen molar-refractivity contribution in [3.05, 3.63) is 46.0 Å². The van der Waals surface area contributed by atoms with E-state index >= 15 is 0 Å². The molecule has 0 radical (unpaired) electrons. The fourth-order valence-electron chi connectivity index (χ4n) is 1.37. The molecule has 7 heteroatoms. The Kier molecular flexibility index (Phi) is 4.19. The molecule has 0 aliphatic heterocycles. The fraction of sp³-hybridized carbons (Fsp3) is 0.167. The van der Waals surface area contributed by atoms with Gasteiger partial charge < -0.3 is 19.7 Å². The summed E-state index contributed by atoms with van der Waals surface area (Å²) in [5.41, 5.74) is 6.81. The minimum Gasteiger partial charge on any atom is -0.465 e. The van der Waals surface area contributed by atoms with Crippen LogP contribution in [0, 0.1) is 0 Å². The van der Waals surface area contributed by atoms with Crippen LogP contribution in [0.3, 0.4) is 0 Å². The van der Waals surface area contributed by atoms with E-state index in [4.69, 9.17) is 15.0 Å². The summed E-state index contributed by atoms with van der Waals surface area (Å²) < 4.78 is 9.73. The van der Waals surface area contributed by atoms with Crippen molar-refractivity contribution in [2.24, 2.45) is 10.9 Å². The second-order valence-electron chi connectivity index (χ2n) is 3.51. The van der Waals surface area contributed by atoms with Crippen molar-refractivity contribution in [3.8, 4) is 0 Å². The number of nitrogens with two attached hydrogens (primary N) is 1. The van der Waals surface area contributed by atoms with Gasteiger partial charge in [0.2, 0.25) is 0 Å². The quantitative estimate of drug-likeness (QED) is 0.391. The van der Waals surface area contributed by atoms with Crippen molar-refractivity contribution in [2.75, 3.05) is 7.11 Å². The first-order valence-corrected chi connectivity index (χ1v) is 6.29. The minimum atomic E-state index is -0.484. The Balaban J connectivity index is 1.98. The summed E-state index contributed by atoms with van der Waals surface area (Å²) in [6.07, 6.45) is 1.39.